The quantitative estimate of drug-likeness (QED) is 0.921. The molecule has 1 N–H and O–H groups in total. The molecule has 1 aromatic carbocycles. The summed E-state index contributed by atoms with van der Waals surface area (Å²) in [5, 5.41) is 3.45. The highest BCUT2D eigenvalue weighted by atomic mass is 15.1. The minimum Gasteiger partial charge on any atom is -0.333 e. The van der Waals surface area contributed by atoms with Crippen molar-refractivity contribution in [1.82, 2.24) is 19.8 Å². The first kappa shape index (κ1) is 16.2. The molecule has 0 radical (unpaired) electrons. The second-order valence-corrected chi connectivity index (χ2v) is 6.87. The van der Waals surface area contributed by atoms with Gasteiger partial charge in [-0.3, -0.25) is 0 Å². The third-order valence-electron chi connectivity index (χ3n) is 4.61. The maximum atomic E-state index is 5.04. The van der Waals surface area contributed by atoms with Gasteiger partial charge in [-0.05, 0) is 53.0 Å². The minimum absolute atomic E-state index is 0.581. The number of hydrogen-bond donors (Lipinski definition) is 1. The fraction of sp³-hybridized carbons (Fsp3) is 0.526. The Morgan fingerprint density at radius 1 is 1.26 bits per heavy atom. The molecule has 4 heteroatoms. The number of aromatic nitrogens is 2. The molecule has 0 saturated carbocycles. The van der Waals surface area contributed by atoms with Gasteiger partial charge in [-0.2, -0.15) is 0 Å². The van der Waals surface area contributed by atoms with Crippen LogP contribution in [0.1, 0.15) is 30.1 Å². The van der Waals surface area contributed by atoms with Crippen LogP contribution >= 0.6 is 0 Å². The second kappa shape index (κ2) is 7.28. The van der Waals surface area contributed by atoms with Crippen LogP contribution in [0.4, 0.5) is 0 Å². The van der Waals surface area contributed by atoms with Crippen molar-refractivity contribution in [2.75, 3.05) is 33.7 Å². The van der Waals surface area contributed by atoms with Gasteiger partial charge in [-0.25, -0.2) is 4.98 Å². The normalized spacial score (nSPS) is 16.2. The van der Waals surface area contributed by atoms with Crippen LogP contribution in [0.3, 0.4) is 0 Å². The molecule has 0 spiro atoms. The lowest BCUT2D eigenvalue weighted by atomic mass is 9.97. The molecule has 0 unspecified atom stereocenters. The zero-order valence-electron chi connectivity index (χ0n) is 14.5. The lowest BCUT2D eigenvalue weighted by Crippen LogP contribution is -2.28. The minimum atomic E-state index is 0.581. The summed E-state index contributed by atoms with van der Waals surface area (Å²) < 4.78 is 2.38. The van der Waals surface area contributed by atoms with E-state index in [-0.39, 0.29) is 0 Å². The second-order valence-electron chi connectivity index (χ2n) is 6.87. The largest absolute Gasteiger partial charge is 0.333 e. The van der Waals surface area contributed by atoms with Crippen molar-refractivity contribution in [3.63, 3.8) is 0 Å². The molecule has 0 atom stereocenters. The number of hydrogen-bond acceptors (Lipinski definition) is 3. The number of piperidine rings is 1. The van der Waals surface area contributed by atoms with Crippen molar-refractivity contribution >= 4 is 0 Å². The number of nitrogens with zero attached hydrogens (tertiary/aromatic N) is 3. The molecule has 2 heterocycles. The van der Waals surface area contributed by atoms with E-state index in [1.54, 1.807) is 0 Å². The first-order valence-electron chi connectivity index (χ1n) is 8.63. The van der Waals surface area contributed by atoms with E-state index in [0.717, 1.165) is 31.9 Å². The summed E-state index contributed by atoms with van der Waals surface area (Å²) in [5.74, 6) is 1.85. The first-order chi connectivity index (χ1) is 11.1. The molecule has 1 aliphatic rings. The fourth-order valence-electron chi connectivity index (χ4n) is 3.27. The first-order valence-corrected chi connectivity index (χ1v) is 8.63. The molecule has 124 valence electrons. The van der Waals surface area contributed by atoms with Crippen LogP contribution in [0.25, 0.3) is 11.3 Å². The molecule has 0 bridgehead atoms. The number of benzene rings is 1. The fourth-order valence-corrected chi connectivity index (χ4v) is 3.27. The lowest BCUT2D eigenvalue weighted by Gasteiger charge is -2.23. The van der Waals surface area contributed by atoms with Crippen LogP contribution in [0, 0.1) is 6.92 Å². The highest BCUT2D eigenvalue weighted by Crippen LogP contribution is 2.28. The van der Waals surface area contributed by atoms with E-state index in [4.69, 9.17) is 4.98 Å². The van der Waals surface area contributed by atoms with E-state index in [9.17, 15) is 0 Å². The highest BCUT2D eigenvalue weighted by Gasteiger charge is 2.21. The Morgan fingerprint density at radius 2 is 2.04 bits per heavy atom. The van der Waals surface area contributed by atoms with E-state index in [0.29, 0.717) is 5.92 Å². The zero-order valence-corrected chi connectivity index (χ0v) is 14.5. The van der Waals surface area contributed by atoms with Crippen LogP contribution in [-0.2, 0) is 6.54 Å². The predicted octanol–water partition coefficient (Wildman–Crippen LogP) is 2.89. The van der Waals surface area contributed by atoms with Gasteiger partial charge in [0.05, 0.1) is 5.69 Å². The predicted molar refractivity (Wildman–Crippen MR) is 95.8 cm³/mol. The van der Waals surface area contributed by atoms with Crippen molar-refractivity contribution in [1.29, 1.82) is 0 Å². The van der Waals surface area contributed by atoms with Crippen molar-refractivity contribution in [2.24, 2.45) is 0 Å². The van der Waals surface area contributed by atoms with E-state index in [1.165, 1.54) is 29.8 Å². The molecule has 1 aliphatic heterocycles. The molecule has 0 aliphatic carbocycles. The number of imidazole rings is 1. The average Bonchev–Trinajstić information content (AvgIpc) is 2.98. The molecule has 0 amide bonds. The van der Waals surface area contributed by atoms with Gasteiger partial charge in [0.2, 0.25) is 0 Å². The Balaban J connectivity index is 1.91. The van der Waals surface area contributed by atoms with Gasteiger partial charge < -0.3 is 14.8 Å². The van der Waals surface area contributed by atoms with E-state index >= 15 is 0 Å². The average molecular weight is 312 g/mol. The molecule has 4 nitrogen and oxygen atoms in total. The van der Waals surface area contributed by atoms with E-state index < -0.39 is 0 Å². The maximum absolute atomic E-state index is 5.04. The number of likely N-dealkylation sites (N-methyl/N-ethyl adjacent to an activating group) is 1. The van der Waals surface area contributed by atoms with Gasteiger partial charge in [0.15, 0.2) is 0 Å². The lowest BCUT2D eigenvalue weighted by molar-refractivity contribution is 0.369. The summed E-state index contributed by atoms with van der Waals surface area (Å²) in [4.78, 5) is 7.27. The van der Waals surface area contributed by atoms with Crippen LogP contribution in [0.15, 0.2) is 30.5 Å². The smallest absolute Gasteiger partial charge is 0.112 e. The summed E-state index contributed by atoms with van der Waals surface area (Å²) in [7, 11) is 4.26. The molecule has 2 aromatic rings. The molecular weight excluding hydrogens is 284 g/mol. The summed E-state index contributed by atoms with van der Waals surface area (Å²) in [6.07, 6.45) is 4.62. The molecule has 1 fully saturated rings. The van der Waals surface area contributed by atoms with Crippen LogP contribution in [0.2, 0.25) is 0 Å². The van der Waals surface area contributed by atoms with Gasteiger partial charge >= 0.3 is 0 Å². The van der Waals surface area contributed by atoms with Gasteiger partial charge in [-0.15, -0.1) is 0 Å². The third-order valence-corrected chi connectivity index (χ3v) is 4.61. The number of rotatable bonds is 5. The SMILES string of the molecule is Cc1cccc(-c2cn(CCN(C)C)c(C3CCNCC3)n2)c1. The van der Waals surface area contributed by atoms with Gasteiger partial charge in [0, 0.05) is 30.8 Å². The van der Waals surface area contributed by atoms with Crippen molar-refractivity contribution in [2.45, 2.75) is 32.2 Å². The van der Waals surface area contributed by atoms with Gasteiger partial charge in [-0.1, -0.05) is 23.8 Å². The molecule has 1 aromatic heterocycles. The molecular formula is C19H28N4. The van der Waals surface area contributed by atoms with Gasteiger partial charge in [0.1, 0.15) is 5.82 Å². The highest BCUT2D eigenvalue weighted by molar-refractivity contribution is 5.59. The molecule has 1 saturated heterocycles. The standard InChI is InChI=1S/C19H28N4/c1-15-5-4-6-17(13-15)18-14-23(12-11-22(2)3)19(21-18)16-7-9-20-10-8-16/h4-6,13-14,16,20H,7-12H2,1-3H3. The Kier molecular flexibility index (Phi) is 5.13. The van der Waals surface area contributed by atoms with E-state index in [2.05, 4.69) is 66.3 Å². The Labute approximate surface area is 139 Å². The Hall–Kier alpha value is -1.65. The van der Waals surface area contributed by atoms with E-state index in [1.807, 2.05) is 0 Å². The van der Waals surface area contributed by atoms with Gasteiger partial charge in [0.25, 0.3) is 0 Å². The summed E-state index contributed by atoms with van der Waals surface area (Å²) in [6.45, 7) is 6.39. The Morgan fingerprint density at radius 3 is 2.74 bits per heavy atom. The number of aryl methyl sites for hydroxylation is 1. The maximum Gasteiger partial charge on any atom is 0.112 e. The van der Waals surface area contributed by atoms with Crippen molar-refractivity contribution < 1.29 is 0 Å². The molecule has 23 heavy (non-hydrogen) atoms. The van der Waals surface area contributed by atoms with Crippen LogP contribution in [-0.4, -0.2) is 48.2 Å². The summed E-state index contributed by atoms with van der Waals surface area (Å²) in [5.41, 5.74) is 3.62. The van der Waals surface area contributed by atoms with Crippen molar-refractivity contribution in [3.05, 3.63) is 41.9 Å². The summed E-state index contributed by atoms with van der Waals surface area (Å²) >= 11 is 0. The van der Waals surface area contributed by atoms with Crippen LogP contribution in [0.5, 0.6) is 0 Å². The zero-order chi connectivity index (χ0) is 16.2. The monoisotopic (exact) mass is 312 g/mol. The third kappa shape index (κ3) is 4.01. The van der Waals surface area contributed by atoms with Crippen molar-refractivity contribution in [3.8, 4) is 11.3 Å². The summed E-state index contributed by atoms with van der Waals surface area (Å²) in [6, 6.07) is 8.65. The van der Waals surface area contributed by atoms with Crippen LogP contribution < -0.4 is 5.32 Å². The number of nitrogens with one attached hydrogen (secondary N) is 1. The Bertz CT molecular complexity index is 639. The molecule has 3 rings (SSSR count). The topological polar surface area (TPSA) is 33.1 Å².